The number of rotatable bonds is 4. The molecule has 142 valence electrons. The van der Waals surface area contributed by atoms with Gasteiger partial charge in [-0.3, -0.25) is 14.6 Å². The van der Waals surface area contributed by atoms with Crippen LogP contribution in [-0.4, -0.2) is 67.8 Å². The first-order chi connectivity index (χ1) is 12.6. The number of likely N-dealkylation sites (tertiary alicyclic amines) is 1. The van der Waals surface area contributed by atoms with Gasteiger partial charge in [0.1, 0.15) is 6.10 Å². The first-order valence-corrected chi connectivity index (χ1v) is 9.93. The first-order valence-electron chi connectivity index (χ1n) is 9.93. The van der Waals surface area contributed by atoms with Gasteiger partial charge in [-0.05, 0) is 44.0 Å². The van der Waals surface area contributed by atoms with Crippen molar-refractivity contribution in [1.29, 1.82) is 0 Å². The molecule has 0 aromatic heterocycles. The second-order valence-corrected chi connectivity index (χ2v) is 8.13. The lowest BCUT2D eigenvalue weighted by atomic mass is 9.76. The molecule has 1 atom stereocenters. The zero-order valence-corrected chi connectivity index (χ0v) is 15.8. The van der Waals surface area contributed by atoms with Crippen LogP contribution >= 0.6 is 0 Å². The maximum absolute atomic E-state index is 12.6. The summed E-state index contributed by atoms with van der Waals surface area (Å²) < 4.78 is 11.2. The molecule has 26 heavy (non-hydrogen) atoms. The fourth-order valence-electron chi connectivity index (χ4n) is 4.59. The summed E-state index contributed by atoms with van der Waals surface area (Å²) in [6.07, 6.45) is 2.80. The highest BCUT2D eigenvalue weighted by Crippen LogP contribution is 2.43. The van der Waals surface area contributed by atoms with E-state index < -0.39 is 0 Å². The smallest absolute Gasteiger partial charge is 0.312 e. The third-order valence-electron chi connectivity index (χ3n) is 6.36. The molecule has 1 aromatic carbocycles. The predicted molar refractivity (Wildman–Crippen MR) is 99.9 cm³/mol. The number of hydrogen-bond donors (Lipinski definition) is 0. The van der Waals surface area contributed by atoms with Crippen molar-refractivity contribution in [3.05, 3.63) is 35.4 Å². The Hall–Kier alpha value is -1.43. The molecule has 1 unspecified atom stereocenters. The Morgan fingerprint density at radius 2 is 1.81 bits per heavy atom. The van der Waals surface area contributed by atoms with Crippen LogP contribution in [0.5, 0.6) is 0 Å². The van der Waals surface area contributed by atoms with Crippen molar-refractivity contribution < 1.29 is 14.3 Å². The van der Waals surface area contributed by atoms with Gasteiger partial charge in [-0.25, -0.2) is 0 Å². The van der Waals surface area contributed by atoms with Crippen molar-refractivity contribution in [2.75, 3.05) is 45.9 Å². The van der Waals surface area contributed by atoms with E-state index in [0.29, 0.717) is 0 Å². The molecule has 0 bridgehead atoms. The number of carbonyl (C=O) groups excluding carboxylic acids is 1. The maximum atomic E-state index is 12.6. The number of cyclic esters (lactones) is 1. The normalized spacial score (nSPS) is 27.0. The summed E-state index contributed by atoms with van der Waals surface area (Å²) >= 11 is 0. The third kappa shape index (κ3) is 3.80. The fourth-order valence-corrected chi connectivity index (χ4v) is 4.59. The standard InChI is InChI=1S/C21H30N2O3/c1-17-4-2-3-5-18(17)15-22-8-6-21(7-9-22)14-19(26-20(21)24)16-23-10-12-25-13-11-23/h2-5,19H,6-16H2,1H3. The molecular weight excluding hydrogens is 328 g/mol. The molecule has 5 nitrogen and oxygen atoms in total. The summed E-state index contributed by atoms with van der Waals surface area (Å²) in [6, 6.07) is 8.58. The van der Waals surface area contributed by atoms with Gasteiger partial charge in [-0.15, -0.1) is 0 Å². The van der Waals surface area contributed by atoms with Crippen molar-refractivity contribution in [3.8, 4) is 0 Å². The average Bonchev–Trinajstić information content (AvgIpc) is 2.95. The SMILES string of the molecule is Cc1ccccc1CN1CCC2(CC1)CC(CN1CCOCC1)OC2=O. The molecule has 1 spiro atoms. The Kier molecular flexibility index (Phi) is 5.30. The van der Waals surface area contributed by atoms with Gasteiger partial charge in [0, 0.05) is 32.6 Å². The van der Waals surface area contributed by atoms with E-state index >= 15 is 0 Å². The number of hydrogen-bond acceptors (Lipinski definition) is 5. The summed E-state index contributed by atoms with van der Waals surface area (Å²) in [7, 11) is 0. The molecule has 0 radical (unpaired) electrons. The predicted octanol–water partition coefficient (Wildman–Crippen LogP) is 2.22. The number of esters is 1. The number of benzene rings is 1. The Bertz CT molecular complexity index is 634. The van der Waals surface area contributed by atoms with Crippen molar-refractivity contribution in [2.45, 2.75) is 38.8 Å². The van der Waals surface area contributed by atoms with Gasteiger partial charge < -0.3 is 9.47 Å². The van der Waals surface area contributed by atoms with E-state index in [9.17, 15) is 4.79 Å². The number of morpholine rings is 1. The highest BCUT2D eigenvalue weighted by Gasteiger charge is 2.50. The lowest BCUT2D eigenvalue weighted by Gasteiger charge is -2.37. The quantitative estimate of drug-likeness (QED) is 0.772. The molecule has 3 heterocycles. The molecule has 0 N–H and O–H groups in total. The highest BCUT2D eigenvalue weighted by molar-refractivity contribution is 5.79. The van der Waals surface area contributed by atoms with E-state index in [2.05, 4.69) is 41.0 Å². The van der Waals surface area contributed by atoms with Crippen LogP contribution in [-0.2, 0) is 20.8 Å². The van der Waals surface area contributed by atoms with Gasteiger partial charge >= 0.3 is 5.97 Å². The molecule has 3 saturated heterocycles. The Morgan fingerprint density at radius 3 is 2.54 bits per heavy atom. The van der Waals surface area contributed by atoms with Gasteiger partial charge in [0.25, 0.3) is 0 Å². The van der Waals surface area contributed by atoms with E-state index in [-0.39, 0.29) is 17.5 Å². The highest BCUT2D eigenvalue weighted by atomic mass is 16.6. The monoisotopic (exact) mass is 358 g/mol. The number of nitrogens with zero attached hydrogens (tertiary/aromatic N) is 2. The van der Waals surface area contributed by atoms with Gasteiger partial charge in [0.2, 0.25) is 0 Å². The molecule has 3 aliphatic heterocycles. The molecule has 0 aliphatic carbocycles. The summed E-state index contributed by atoms with van der Waals surface area (Å²) in [6.45, 7) is 9.46. The zero-order valence-electron chi connectivity index (χ0n) is 15.8. The topological polar surface area (TPSA) is 42.0 Å². The third-order valence-corrected chi connectivity index (χ3v) is 6.36. The Labute approximate surface area is 156 Å². The second-order valence-electron chi connectivity index (χ2n) is 8.13. The van der Waals surface area contributed by atoms with Crippen LogP contribution in [0.15, 0.2) is 24.3 Å². The van der Waals surface area contributed by atoms with Crippen LogP contribution in [0.2, 0.25) is 0 Å². The maximum Gasteiger partial charge on any atom is 0.312 e. The van der Waals surface area contributed by atoms with Crippen LogP contribution in [0.1, 0.15) is 30.4 Å². The largest absolute Gasteiger partial charge is 0.461 e. The lowest BCUT2D eigenvalue weighted by Crippen LogP contribution is -2.43. The van der Waals surface area contributed by atoms with Crippen molar-refractivity contribution in [3.63, 3.8) is 0 Å². The minimum Gasteiger partial charge on any atom is -0.461 e. The summed E-state index contributed by atoms with van der Waals surface area (Å²) in [5.74, 6) is 0.0475. The second kappa shape index (κ2) is 7.67. The number of piperidine rings is 1. The molecule has 3 aliphatic rings. The average molecular weight is 358 g/mol. The van der Waals surface area contributed by atoms with Gasteiger partial charge in [0.15, 0.2) is 0 Å². The molecule has 4 rings (SSSR count). The van der Waals surface area contributed by atoms with Crippen molar-refractivity contribution >= 4 is 5.97 Å². The van der Waals surface area contributed by atoms with Crippen LogP contribution < -0.4 is 0 Å². The van der Waals surface area contributed by atoms with E-state index in [1.807, 2.05) is 0 Å². The van der Waals surface area contributed by atoms with E-state index in [1.54, 1.807) is 0 Å². The summed E-state index contributed by atoms with van der Waals surface area (Å²) in [5, 5.41) is 0. The van der Waals surface area contributed by atoms with Gasteiger partial charge in [-0.2, -0.15) is 0 Å². The Morgan fingerprint density at radius 1 is 1.08 bits per heavy atom. The van der Waals surface area contributed by atoms with Gasteiger partial charge in [-0.1, -0.05) is 24.3 Å². The minimum atomic E-state index is -0.237. The minimum absolute atomic E-state index is 0.0475. The van der Waals surface area contributed by atoms with Crippen molar-refractivity contribution in [2.24, 2.45) is 5.41 Å². The van der Waals surface area contributed by atoms with E-state index in [1.165, 1.54) is 11.1 Å². The molecule has 0 saturated carbocycles. The van der Waals surface area contributed by atoms with E-state index in [0.717, 1.165) is 71.7 Å². The van der Waals surface area contributed by atoms with Crippen LogP contribution in [0.3, 0.4) is 0 Å². The molecule has 1 aromatic rings. The van der Waals surface area contributed by atoms with Crippen LogP contribution in [0.25, 0.3) is 0 Å². The molecule has 0 amide bonds. The van der Waals surface area contributed by atoms with Crippen LogP contribution in [0, 0.1) is 12.3 Å². The molecule has 3 fully saturated rings. The molecular formula is C21H30N2O3. The zero-order chi connectivity index (χ0) is 18.0. The molecule has 5 heteroatoms. The lowest BCUT2D eigenvalue weighted by molar-refractivity contribution is -0.151. The summed E-state index contributed by atoms with van der Waals surface area (Å²) in [5.41, 5.74) is 2.50. The van der Waals surface area contributed by atoms with Crippen molar-refractivity contribution in [1.82, 2.24) is 9.80 Å². The fraction of sp³-hybridized carbons (Fsp3) is 0.667. The number of aryl methyl sites for hydroxylation is 1. The Balaban J connectivity index is 1.31. The number of carbonyl (C=O) groups is 1. The first kappa shape index (κ1) is 18.0. The van der Waals surface area contributed by atoms with Crippen LogP contribution in [0.4, 0.5) is 0 Å². The summed E-state index contributed by atoms with van der Waals surface area (Å²) in [4.78, 5) is 17.5. The van der Waals surface area contributed by atoms with E-state index in [4.69, 9.17) is 9.47 Å². The van der Waals surface area contributed by atoms with Gasteiger partial charge in [0.05, 0.1) is 18.6 Å². The number of ether oxygens (including phenoxy) is 2.